The van der Waals surface area contributed by atoms with E-state index in [1.165, 1.54) is 5.56 Å². The molecule has 0 aliphatic carbocycles. The van der Waals surface area contributed by atoms with Crippen molar-refractivity contribution in [3.8, 4) is 0 Å². The molecule has 0 unspecified atom stereocenters. The van der Waals surface area contributed by atoms with Crippen molar-refractivity contribution in [1.29, 1.82) is 0 Å². The summed E-state index contributed by atoms with van der Waals surface area (Å²) < 4.78 is 0. The lowest BCUT2D eigenvalue weighted by atomic mass is 9.92. The zero-order valence-electron chi connectivity index (χ0n) is 16.8. The van der Waals surface area contributed by atoms with Gasteiger partial charge < -0.3 is 10.0 Å². The molecule has 3 heteroatoms. The number of hydrogen-bond acceptors (Lipinski definition) is 2. The Kier molecular flexibility index (Phi) is 5.22. The van der Waals surface area contributed by atoms with Crippen LogP contribution in [0, 0.1) is 6.92 Å². The summed E-state index contributed by atoms with van der Waals surface area (Å²) in [6, 6.07) is 25.9. The summed E-state index contributed by atoms with van der Waals surface area (Å²) in [6.45, 7) is 4.60. The smallest absolute Gasteiger partial charge is 0.290 e. The van der Waals surface area contributed by atoms with E-state index in [1.54, 1.807) is 4.90 Å². The van der Waals surface area contributed by atoms with Gasteiger partial charge in [0, 0.05) is 12.1 Å². The third-order valence-corrected chi connectivity index (χ3v) is 5.57. The number of carbonyl (C=O) groups excluding carboxylic acids is 1. The number of carbonyl (C=O) groups is 1. The molecule has 1 aliphatic rings. The molecule has 1 heterocycles. The van der Waals surface area contributed by atoms with Gasteiger partial charge in [-0.2, -0.15) is 0 Å². The summed E-state index contributed by atoms with van der Waals surface area (Å²) in [5, 5.41) is 10.8. The van der Waals surface area contributed by atoms with Crippen molar-refractivity contribution in [1.82, 2.24) is 4.90 Å². The predicted molar refractivity (Wildman–Crippen MR) is 116 cm³/mol. The minimum atomic E-state index is -0.325. The van der Waals surface area contributed by atoms with Crippen LogP contribution in [0.3, 0.4) is 0 Å². The Bertz CT molecular complexity index is 1030. The molecule has 0 saturated carbocycles. The summed E-state index contributed by atoms with van der Waals surface area (Å²) in [5.41, 5.74) is 5.98. The van der Waals surface area contributed by atoms with Crippen LogP contribution in [0.2, 0.25) is 0 Å². The van der Waals surface area contributed by atoms with Gasteiger partial charge in [0.2, 0.25) is 0 Å². The largest absolute Gasteiger partial charge is 0.503 e. The summed E-state index contributed by atoms with van der Waals surface area (Å²) in [6.07, 6.45) is 0.962. The van der Waals surface area contributed by atoms with Gasteiger partial charge in [-0.1, -0.05) is 91.3 Å². The van der Waals surface area contributed by atoms with Crippen LogP contribution in [-0.4, -0.2) is 15.9 Å². The maximum Gasteiger partial charge on any atom is 0.290 e. The molecule has 3 aromatic rings. The van der Waals surface area contributed by atoms with Crippen molar-refractivity contribution in [3.63, 3.8) is 0 Å². The van der Waals surface area contributed by atoms with Crippen LogP contribution in [0.5, 0.6) is 0 Å². The minimum absolute atomic E-state index is 0.158. The van der Waals surface area contributed by atoms with Gasteiger partial charge in [-0.15, -0.1) is 0 Å². The molecular formula is C26H25NO2. The van der Waals surface area contributed by atoms with Crippen LogP contribution in [0.1, 0.15) is 40.8 Å². The molecule has 146 valence electrons. The first-order valence-electron chi connectivity index (χ1n) is 10.0. The van der Waals surface area contributed by atoms with E-state index in [-0.39, 0.29) is 17.7 Å². The van der Waals surface area contributed by atoms with Crippen LogP contribution in [0.25, 0.3) is 5.57 Å². The van der Waals surface area contributed by atoms with Crippen molar-refractivity contribution in [3.05, 3.63) is 112 Å². The summed E-state index contributed by atoms with van der Waals surface area (Å²) >= 11 is 0. The molecule has 1 N–H and O–H groups in total. The number of hydrogen-bond donors (Lipinski definition) is 1. The molecule has 0 spiro atoms. The highest BCUT2D eigenvalue weighted by Crippen LogP contribution is 2.43. The van der Waals surface area contributed by atoms with Gasteiger partial charge in [0.15, 0.2) is 5.76 Å². The molecular weight excluding hydrogens is 358 g/mol. The molecule has 0 aromatic heterocycles. The van der Waals surface area contributed by atoms with Crippen molar-refractivity contribution in [2.24, 2.45) is 0 Å². The number of amides is 1. The SMILES string of the molecule is CCc1ccc([C@@H]2C(c3ccc(C)cc3)=C(O)C(=O)N2Cc2ccccc2)cc1. The fourth-order valence-electron chi connectivity index (χ4n) is 3.91. The summed E-state index contributed by atoms with van der Waals surface area (Å²) in [4.78, 5) is 14.8. The molecule has 3 nitrogen and oxygen atoms in total. The van der Waals surface area contributed by atoms with Gasteiger partial charge in [0.25, 0.3) is 5.91 Å². The van der Waals surface area contributed by atoms with Crippen LogP contribution in [0.4, 0.5) is 0 Å². The second kappa shape index (κ2) is 7.96. The van der Waals surface area contributed by atoms with Crippen LogP contribution >= 0.6 is 0 Å². The molecule has 1 atom stereocenters. The topological polar surface area (TPSA) is 40.5 Å². The zero-order chi connectivity index (χ0) is 20.4. The summed E-state index contributed by atoms with van der Waals surface area (Å²) in [5.74, 6) is -0.483. The first kappa shape index (κ1) is 19.0. The highest BCUT2D eigenvalue weighted by Gasteiger charge is 2.40. The Balaban J connectivity index is 1.80. The average molecular weight is 383 g/mol. The maximum atomic E-state index is 13.1. The Morgan fingerprint density at radius 1 is 0.862 bits per heavy atom. The van der Waals surface area contributed by atoms with E-state index in [4.69, 9.17) is 0 Å². The van der Waals surface area contributed by atoms with Gasteiger partial charge in [-0.3, -0.25) is 4.79 Å². The monoisotopic (exact) mass is 383 g/mol. The van der Waals surface area contributed by atoms with Gasteiger partial charge >= 0.3 is 0 Å². The van der Waals surface area contributed by atoms with Gasteiger partial charge in [0.05, 0.1) is 6.04 Å². The predicted octanol–water partition coefficient (Wildman–Crippen LogP) is 5.61. The lowest BCUT2D eigenvalue weighted by Gasteiger charge is -2.27. The molecule has 1 aliphatic heterocycles. The second-order valence-corrected chi connectivity index (χ2v) is 7.54. The number of aliphatic hydroxyl groups is 1. The van der Waals surface area contributed by atoms with Gasteiger partial charge in [-0.25, -0.2) is 0 Å². The molecule has 1 amide bonds. The lowest BCUT2D eigenvalue weighted by Crippen LogP contribution is -2.29. The van der Waals surface area contributed by atoms with Crippen molar-refractivity contribution < 1.29 is 9.90 Å². The average Bonchev–Trinajstić information content (AvgIpc) is 3.00. The molecule has 0 radical (unpaired) electrons. The van der Waals surface area contributed by atoms with E-state index in [0.29, 0.717) is 12.1 Å². The number of rotatable bonds is 5. The van der Waals surface area contributed by atoms with Crippen LogP contribution < -0.4 is 0 Å². The zero-order valence-corrected chi connectivity index (χ0v) is 16.8. The third-order valence-electron chi connectivity index (χ3n) is 5.57. The Morgan fingerprint density at radius 3 is 2.14 bits per heavy atom. The van der Waals surface area contributed by atoms with E-state index < -0.39 is 0 Å². The van der Waals surface area contributed by atoms with E-state index in [2.05, 4.69) is 31.2 Å². The molecule has 4 rings (SSSR count). The lowest BCUT2D eigenvalue weighted by molar-refractivity contribution is -0.130. The molecule has 0 bridgehead atoms. The molecule has 29 heavy (non-hydrogen) atoms. The highest BCUT2D eigenvalue weighted by atomic mass is 16.3. The minimum Gasteiger partial charge on any atom is -0.503 e. The van der Waals surface area contributed by atoms with Gasteiger partial charge in [-0.05, 0) is 35.6 Å². The fourth-order valence-corrected chi connectivity index (χ4v) is 3.91. The maximum absolute atomic E-state index is 13.1. The standard InChI is InChI=1S/C26H25NO2/c1-3-19-11-15-22(16-12-19)24-23(21-13-9-18(2)10-14-21)25(28)26(29)27(24)17-20-7-5-4-6-8-20/h4-16,24,28H,3,17H2,1-2H3/t24-/m1/s1. The highest BCUT2D eigenvalue weighted by molar-refractivity contribution is 6.05. The quantitative estimate of drug-likeness (QED) is 0.622. The Labute approximate surface area is 171 Å². The molecule has 0 fully saturated rings. The number of nitrogens with zero attached hydrogens (tertiary/aromatic N) is 1. The molecule has 0 saturated heterocycles. The van der Waals surface area contributed by atoms with E-state index >= 15 is 0 Å². The molecule has 3 aromatic carbocycles. The fraction of sp³-hybridized carbons (Fsp3) is 0.192. The van der Waals surface area contributed by atoms with Crippen LogP contribution in [0.15, 0.2) is 84.6 Å². The Hall–Kier alpha value is -3.33. The van der Waals surface area contributed by atoms with Crippen molar-refractivity contribution in [2.45, 2.75) is 32.9 Å². The van der Waals surface area contributed by atoms with Crippen molar-refractivity contribution >= 4 is 11.5 Å². The van der Waals surface area contributed by atoms with E-state index in [9.17, 15) is 9.90 Å². The number of aryl methyl sites for hydroxylation is 2. The summed E-state index contributed by atoms with van der Waals surface area (Å²) in [7, 11) is 0. The third kappa shape index (κ3) is 3.68. The van der Waals surface area contributed by atoms with Crippen LogP contribution in [-0.2, 0) is 17.8 Å². The first-order valence-corrected chi connectivity index (χ1v) is 10.0. The van der Waals surface area contributed by atoms with E-state index in [1.807, 2.05) is 61.5 Å². The number of benzene rings is 3. The Morgan fingerprint density at radius 2 is 1.52 bits per heavy atom. The number of aliphatic hydroxyl groups excluding tert-OH is 1. The van der Waals surface area contributed by atoms with E-state index in [0.717, 1.165) is 28.7 Å². The first-order chi connectivity index (χ1) is 14.1. The normalized spacial score (nSPS) is 16.6. The second-order valence-electron chi connectivity index (χ2n) is 7.54. The van der Waals surface area contributed by atoms with Crippen molar-refractivity contribution in [2.75, 3.05) is 0 Å². The van der Waals surface area contributed by atoms with Gasteiger partial charge in [0.1, 0.15) is 0 Å².